The highest BCUT2D eigenvalue weighted by Crippen LogP contribution is 2.38. The van der Waals surface area contributed by atoms with E-state index in [1.807, 2.05) is 11.0 Å². The zero-order chi connectivity index (χ0) is 19.0. The monoisotopic (exact) mass is 384 g/mol. The summed E-state index contributed by atoms with van der Waals surface area (Å²) in [6, 6.07) is 6.95. The fraction of sp³-hybridized carbons (Fsp3) is 0.263. The van der Waals surface area contributed by atoms with E-state index >= 15 is 0 Å². The first-order chi connectivity index (χ1) is 13.1. The number of ether oxygens (including phenoxy) is 2. The molecule has 4 rings (SSSR count). The summed E-state index contributed by atoms with van der Waals surface area (Å²) in [6.45, 7) is 1.34. The van der Waals surface area contributed by atoms with Crippen LogP contribution in [0.25, 0.3) is 0 Å². The van der Waals surface area contributed by atoms with Crippen molar-refractivity contribution in [2.24, 2.45) is 9.98 Å². The van der Waals surface area contributed by atoms with E-state index in [1.165, 1.54) is 6.20 Å². The molecule has 0 amide bonds. The maximum Gasteiger partial charge on any atom is 0.171 e. The normalized spacial score (nSPS) is 14.9. The molecule has 2 aromatic rings. The second kappa shape index (κ2) is 7.00. The molecule has 0 saturated carbocycles. The number of nitrogens with zero attached hydrogens (tertiary/aromatic N) is 4. The first kappa shape index (κ1) is 17.5. The Balaban J connectivity index is 1.71. The molecule has 0 atom stereocenters. The number of carbonyl (C=O) groups excluding carboxylic acids is 1. The fourth-order valence-corrected chi connectivity index (χ4v) is 3.30. The Labute approximate surface area is 161 Å². The predicted octanol–water partition coefficient (Wildman–Crippen LogP) is 3.13. The van der Waals surface area contributed by atoms with Crippen molar-refractivity contribution in [3.8, 4) is 11.5 Å². The molecule has 3 heterocycles. The minimum atomic E-state index is -0.0758. The molecule has 1 aromatic carbocycles. The largest absolute Gasteiger partial charge is 0.493 e. The molecule has 8 heteroatoms. The quantitative estimate of drug-likeness (QED) is 0.584. The van der Waals surface area contributed by atoms with Gasteiger partial charge in [0, 0.05) is 29.9 Å². The van der Waals surface area contributed by atoms with Gasteiger partial charge in [-0.15, -0.1) is 0 Å². The van der Waals surface area contributed by atoms with Crippen LogP contribution in [0, 0.1) is 0 Å². The molecule has 7 nitrogen and oxygen atoms in total. The number of aromatic nitrogens is 1. The van der Waals surface area contributed by atoms with Crippen molar-refractivity contribution in [3.05, 3.63) is 46.7 Å². The molecule has 2 aliphatic heterocycles. The number of pyridine rings is 1. The van der Waals surface area contributed by atoms with Crippen molar-refractivity contribution >= 4 is 34.7 Å². The summed E-state index contributed by atoms with van der Waals surface area (Å²) in [7, 11) is 3.17. The standard InChI is InChI=1S/C19H17ClN4O3/c1-26-15-7-12-13(8-16(15)27-2)23-18(24-6-5-21-19(12)24)9-14(25)11-3-4-17(20)22-10-11/h3-4,7-8,10H,5-6,9H2,1-2H3. The Hall–Kier alpha value is -2.93. The number of fused-ring (bicyclic) bond motifs is 3. The first-order valence-electron chi connectivity index (χ1n) is 8.41. The molecule has 0 fully saturated rings. The highest BCUT2D eigenvalue weighted by molar-refractivity contribution is 6.29. The third-order valence-electron chi connectivity index (χ3n) is 4.51. The summed E-state index contributed by atoms with van der Waals surface area (Å²) in [5.74, 6) is 2.59. The molecule has 0 radical (unpaired) electrons. The number of amidine groups is 2. The Morgan fingerprint density at radius 3 is 2.70 bits per heavy atom. The molecule has 27 heavy (non-hydrogen) atoms. The van der Waals surface area contributed by atoms with Crippen LogP contribution in [0.1, 0.15) is 22.3 Å². The lowest BCUT2D eigenvalue weighted by atomic mass is 10.0. The Morgan fingerprint density at radius 1 is 1.22 bits per heavy atom. The van der Waals surface area contributed by atoms with E-state index in [9.17, 15) is 4.79 Å². The number of aliphatic imine (C=N–C) groups is 2. The summed E-state index contributed by atoms with van der Waals surface area (Å²) < 4.78 is 10.8. The van der Waals surface area contributed by atoms with Gasteiger partial charge in [-0.05, 0) is 18.2 Å². The van der Waals surface area contributed by atoms with Gasteiger partial charge in [-0.2, -0.15) is 0 Å². The van der Waals surface area contributed by atoms with Crippen molar-refractivity contribution in [1.29, 1.82) is 0 Å². The molecule has 2 aliphatic rings. The van der Waals surface area contributed by atoms with Gasteiger partial charge in [0.25, 0.3) is 0 Å². The smallest absolute Gasteiger partial charge is 0.171 e. The Bertz CT molecular complexity index is 970. The maximum absolute atomic E-state index is 12.7. The number of hydrogen-bond donors (Lipinski definition) is 0. The maximum atomic E-state index is 12.7. The van der Waals surface area contributed by atoms with Crippen LogP contribution in [-0.4, -0.2) is 54.6 Å². The van der Waals surface area contributed by atoms with E-state index in [-0.39, 0.29) is 12.2 Å². The van der Waals surface area contributed by atoms with Gasteiger partial charge in [0.1, 0.15) is 16.8 Å². The van der Waals surface area contributed by atoms with Crippen molar-refractivity contribution < 1.29 is 14.3 Å². The second-order valence-corrected chi connectivity index (χ2v) is 6.47. The Morgan fingerprint density at radius 2 is 2.00 bits per heavy atom. The summed E-state index contributed by atoms with van der Waals surface area (Å²) in [6.07, 6.45) is 1.63. The van der Waals surface area contributed by atoms with Crippen LogP contribution in [0.5, 0.6) is 11.5 Å². The lowest BCUT2D eigenvalue weighted by Gasteiger charge is -2.28. The van der Waals surface area contributed by atoms with E-state index in [4.69, 9.17) is 26.1 Å². The highest BCUT2D eigenvalue weighted by atomic mass is 35.5. The van der Waals surface area contributed by atoms with Gasteiger partial charge >= 0.3 is 0 Å². The average Bonchev–Trinajstić information content (AvgIpc) is 3.18. The summed E-state index contributed by atoms with van der Waals surface area (Å²) in [5.41, 5.74) is 2.08. The van der Waals surface area contributed by atoms with Crippen LogP contribution < -0.4 is 9.47 Å². The van der Waals surface area contributed by atoms with E-state index in [0.29, 0.717) is 46.8 Å². The number of methoxy groups -OCH3 is 2. The minimum Gasteiger partial charge on any atom is -0.493 e. The molecule has 138 valence electrons. The number of benzene rings is 1. The topological polar surface area (TPSA) is 76.4 Å². The third kappa shape index (κ3) is 3.14. The zero-order valence-corrected chi connectivity index (χ0v) is 15.7. The van der Waals surface area contributed by atoms with Gasteiger partial charge in [-0.1, -0.05) is 11.6 Å². The number of rotatable bonds is 5. The number of ketones is 1. The molecule has 0 N–H and O–H groups in total. The molecule has 0 unspecified atom stereocenters. The Kier molecular flexibility index (Phi) is 4.53. The molecular weight excluding hydrogens is 368 g/mol. The van der Waals surface area contributed by atoms with Crippen molar-refractivity contribution in [3.63, 3.8) is 0 Å². The van der Waals surface area contributed by atoms with Gasteiger partial charge < -0.3 is 14.4 Å². The average molecular weight is 385 g/mol. The van der Waals surface area contributed by atoms with E-state index < -0.39 is 0 Å². The molecule has 0 aliphatic carbocycles. The van der Waals surface area contributed by atoms with Crippen molar-refractivity contribution in [2.75, 3.05) is 27.3 Å². The third-order valence-corrected chi connectivity index (χ3v) is 4.74. The molecular formula is C19H17ClN4O3. The van der Waals surface area contributed by atoms with Gasteiger partial charge in [0.05, 0.1) is 32.9 Å². The summed E-state index contributed by atoms with van der Waals surface area (Å²) in [4.78, 5) is 27.9. The van der Waals surface area contributed by atoms with Crippen LogP contribution >= 0.6 is 11.6 Å². The predicted molar refractivity (Wildman–Crippen MR) is 103 cm³/mol. The van der Waals surface area contributed by atoms with Gasteiger partial charge in [-0.25, -0.2) is 9.98 Å². The van der Waals surface area contributed by atoms with Crippen LogP contribution in [0.2, 0.25) is 5.15 Å². The van der Waals surface area contributed by atoms with Gasteiger partial charge in [0.15, 0.2) is 17.3 Å². The summed E-state index contributed by atoms with van der Waals surface area (Å²) in [5, 5.41) is 0.352. The van der Waals surface area contributed by atoms with Gasteiger partial charge in [-0.3, -0.25) is 9.79 Å². The zero-order valence-electron chi connectivity index (χ0n) is 14.9. The molecule has 1 aromatic heterocycles. The molecule has 0 bridgehead atoms. The van der Waals surface area contributed by atoms with Crippen molar-refractivity contribution in [2.45, 2.75) is 6.42 Å². The number of carbonyl (C=O) groups is 1. The van der Waals surface area contributed by atoms with Crippen LogP contribution in [0.4, 0.5) is 5.69 Å². The van der Waals surface area contributed by atoms with Crippen LogP contribution in [0.15, 0.2) is 40.4 Å². The number of Topliss-reactive ketones (excluding diaryl/α,β-unsaturated/α-hetero) is 1. The summed E-state index contributed by atoms with van der Waals surface area (Å²) >= 11 is 5.80. The minimum absolute atomic E-state index is 0.0758. The van der Waals surface area contributed by atoms with Crippen molar-refractivity contribution in [1.82, 2.24) is 9.88 Å². The fourth-order valence-electron chi connectivity index (χ4n) is 3.19. The van der Waals surface area contributed by atoms with Crippen LogP contribution in [-0.2, 0) is 0 Å². The van der Waals surface area contributed by atoms with Gasteiger partial charge in [0.2, 0.25) is 0 Å². The highest BCUT2D eigenvalue weighted by Gasteiger charge is 2.31. The molecule has 0 spiro atoms. The number of halogens is 1. The lowest BCUT2D eigenvalue weighted by molar-refractivity contribution is 0.0998. The van der Waals surface area contributed by atoms with Crippen LogP contribution in [0.3, 0.4) is 0 Å². The first-order valence-corrected chi connectivity index (χ1v) is 8.79. The lowest BCUT2D eigenvalue weighted by Crippen LogP contribution is -2.38. The molecule has 0 saturated heterocycles. The SMILES string of the molecule is COc1cc2c(cc1OC)C1=NCCN1C(CC(=O)c1ccc(Cl)nc1)=N2. The number of hydrogen-bond acceptors (Lipinski definition) is 7. The van der Waals surface area contributed by atoms with E-state index in [0.717, 1.165) is 11.4 Å². The van der Waals surface area contributed by atoms with E-state index in [2.05, 4.69) is 9.98 Å². The second-order valence-electron chi connectivity index (χ2n) is 6.08. The van der Waals surface area contributed by atoms with E-state index in [1.54, 1.807) is 32.4 Å².